The van der Waals surface area contributed by atoms with Crippen LogP contribution in [0, 0.1) is 5.82 Å². The van der Waals surface area contributed by atoms with Crippen LogP contribution >= 0.6 is 0 Å². The van der Waals surface area contributed by atoms with Gasteiger partial charge in [-0.25, -0.2) is 9.18 Å². The first-order valence-corrected chi connectivity index (χ1v) is 8.06. The van der Waals surface area contributed by atoms with E-state index in [1.807, 2.05) is 11.9 Å². The smallest absolute Gasteiger partial charge is 0.332 e. The molecule has 0 fully saturated rings. The summed E-state index contributed by atoms with van der Waals surface area (Å²) in [7, 11) is 4.55. The number of hydrogen-bond acceptors (Lipinski definition) is 6. The van der Waals surface area contributed by atoms with Crippen LogP contribution in [-0.2, 0) is 14.1 Å². The van der Waals surface area contributed by atoms with Crippen LogP contribution in [0.1, 0.15) is 10.4 Å². The van der Waals surface area contributed by atoms with Crippen molar-refractivity contribution < 1.29 is 9.18 Å². The molecular formula is C17H20FN5O3. The average Bonchev–Trinajstić information content (AvgIpc) is 2.61. The fraction of sp³-hybridized carbons (Fsp3) is 0.353. The maximum atomic E-state index is 13.5. The van der Waals surface area contributed by atoms with Crippen molar-refractivity contribution in [3.8, 4) is 0 Å². The SMILES string of the molecule is CN1CCN(CC(=O)c2c(N)n(C)c(=O)n(C)c2=O)c2ccc(F)cc21. The molecule has 0 aliphatic carbocycles. The van der Waals surface area contributed by atoms with Crippen molar-refractivity contribution in [1.29, 1.82) is 0 Å². The number of benzene rings is 1. The minimum absolute atomic E-state index is 0.0931. The Bertz CT molecular complexity index is 1010. The molecule has 0 saturated heterocycles. The maximum Gasteiger partial charge on any atom is 0.332 e. The minimum Gasteiger partial charge on any atom is -0.384 e. The number of halogens is 1. The van der Waals surface area contributed by atoms with Crippen LogP contribution in [0.3, 0.4) is 0 Å². The van der Waals surface area contributed by atoms with E-state index in [1.54, 1.807) is 11.0 Å². The number of Topliss-reactive ketones (excluding diaryl/α,β-unsaturated/α-hetero) is 1. The summed E-state index contributed by atoms with van der Waals surface area (Å²) in [5, 5.41) is 0. The predicted octanol–water partition coefficient (Wildman–Crippen LogP) is -0.0556. The first-order chi connectivity index (χ1) is 12.2. The Morgan fingerprint density at radius 3 is 2.50 bits per heavy atom. The van der Waals surface area contributed by atoms with Gasteiger partial charge in [0.1, 0.15) is 17.2 Å². The monoisotopic (exact) mass is 361 g/mol. The normalized spacial score (nSPS) is 13.7. The van der Waals surface area contributed by atoms with E-state index in [1.165, 1.54) is 26.2 Å². The van der Waals surface area contributed by atoms with E-state index in [0.717, 1.165) is 9.13 Å². The standard InChI is InChI=1S/C17H20FN5O3/c1-20-6-7-23(11-5-4-10(18)8-12(11)20)9-13(24)14-15(19)21(2)17(26)22(3)16(14)25/h4-5,8H,6-7,9,19H2,1-3H3. The summed E-state index contributed by atoms with van der Waals surface area (Å²) in [6.07, 6.45) is 0. The van der Waals surface area contributed by atoms with Gasteiger partial charge in [-0.2, -0.15) is 0 Å². The van der Waals surface area contributed by atoms with E-state index in [2.05, 4.69) is 0 Å². The van der Waals surface area contributed by atoms with Crippen molar-refractivity contribution in [3.05, 3.63) is 50.4 Å². The Labute approximate surface area is 148 Å². The number of nitrogens with zero attached hydrogens (tertiary/aromatic N) is 4. The molecule has 138 valence electrons. The van der Waals surface area contributed by atoms with Gasteiger partial charge < -0.3 is 15.5 Å². The summed E-state index contributed by atoms with van der Waals surface area (Å²) >= 11 is 0. The molecule has 1 aromatic heterocycles. The lowest BCUT2D eigenvalue weighted by atomic mass is 10.1. The fourth-order valence-electron chi connectivity index (χ4n) is 3.12. The van der Waals surface area contributed by atoms with Crippen molar-refractivity contribution in [2.24, 2.45) is 14.1 Å². The Hall–Kier alpha value is -3.10. The third-order valence-electron chi connectivity index (χ3n) is 4.72. The Kier molecular flexibility index (Phi) is 4.31. The summed E-state index contributed by atoms with van der Waals surface area (Å²) in [4.78, 5) is 40.7. The number of aromatic nitrogens is 2. The molecule has 0 amide bonds. The molecule has 1 aliphatic rings. The Balaban J connectivity index is 2.00. The molecular weight excluding hydrogens is 341 g/mol. The van der Waals surface area contributed by atoms with Crippen LogP contribution in [0.15, 0.2) is 27.8 Å². The van der Waals surface area contributed by atoms with E-state index < -0.39 is 17.0 Å². The van der Waals surface area contributed by atoms with Gasteiger partial charge in [0.2, 0.25) is 0 Å². The number of anilines is 3. The number of nitrogen functional groups attached to an aromatic ring is 1. The molecule has 1 aliphatic heterocycles. The summed E-state index contributed by atoms with van der Waals surface area (Å²) < 4.78 is 15.5. The molecule has 0 spiro atoms. The lowest BCUT2D eigenvalue weighted by Crippen LogP contribution is -2.45. The quantitative estimate of drug-likeness (QED) is 0.770. The van der Waals surface area contributed by atoms with Crippen molar-refractivity contribution in [1.82, 2.24) is 9.13 Å². The van der Waals surface area contributed by atoms with Crippen LogP contribution in [0.25, 0.3) is 0 Å². The molecule has 0 unspecified atom stereocenters. The lowest BCUT2D eigenvalue weighted by molar-refractivity contribution is 0.0997. The number of nitrogens with two attached hydrogens (primary N) is 1. The molecule has 0 saturated carbocycles. The van der Waals surface area contributed by atoms with Gasteiger partial charge in [-0.05, 0) is 18.2 Å². The number of rotatable bonds is 3. The topological polar surface area (TPSA) is 93.6 Å². The van der Waals surface area contributed by atoms with Gasteiger partial charge in [0.15, 0.2) is 5.78 Å². The van der Waals surface area contributed by atoms with E-state index in [4.69, 9.17) is 5.73 Å². The highest BCUT2D eigenvalue weighted by molar-refractivity contribution is 6.03. The number of fused-ring (bicyclic) bond motifs is 1. The van der Waals surface area contributed by atoms with Crippen molar-refractivity contribution in [2.75, 3.05) is 42.2 Å². The molecule has 2 heterocycles. The van der Waals surface area contributed by atoms with E-state index >= 15 is 0 Å². The van der Waals surface area contributed by atoms with Crippen LogP contribution in [0.2, 0.25) is 0 Å². The van der Waals surface area contributed by atoms with Gasteiger partial charge >= 0.3 is 5.69 Å². The van der Waals surface area contributed by atoms with Gasteiger partial charge in [0, 0.05) is 34.2 Å². The molecule has 2 aromatic rings. The fourth-order valence-corrected chi connectivity index (χ4v) is 3.12. The molecule has 2 N–H and O–H groups in total. The number of hydrogen-bond donors (Lipinski definition) is 1. The number of ketones is 1. The maximum absolute atomic E-state index is 13.5. The number of carbonyl (C=O) groups is 1. The van der Waals surface area contributed by atoms with E-state index in [-0.39, 0.29) is 23.7 Å². The minimum atomic E-state index is -0.718. The summed E-state index contributed by atoms with van der Waals surface area (Å²) in [5.41, 5.74) is 5.70. The molecule has 0 atom stereocenters. The van der Waals surface area contributed by atoms with Gasteiger partial charge in [-0.1, -0.05) is 0 Å². The van der Waals surface area contributed by atoms with Gasteiger partial charge in [0.25, 0.3) is 5.56 Å². The Morgan fingerprint density at radius 2 is 1.81 bits per heavy atom. The van der Waals surface area contributed by atoms with Crippen LogP contribution in [-0.4, -0.2) is 41.6 Å². The zero-order valence-electron chi connectivity index (χ0n) is 14.8. The summed E-state index contributed by atoms with van der Waals surface area (Å²) in [6.45, 7) is 1.04. The highest BCUT2D eigenvalue weighted by Gasteiger charge is 2.26. The molecule has 0 radical (unpaired) electrons. The van der Waals surface area contributed by atoms with Gasteiger partial charge in [0.05, 0.1) is 17.9 Å². The van der Waals surface area contributed by atoms with Crippen molar-refractivity contribution >= 4 is 23.0 Å². The Morgan fingerprint density at radius 1 is 1.12 bits per heavy atom. The predicted molar refractivity (Wildman–Crippen MR) is 97.5 cm³/mol. The molecule has 9 heteroatoms. The van der Waals surface area contributed by atoms with Crippen molar-refractivity contribution in [2.45, 2.75) is 0 Å². The summed E-state index contributed by atoms with van der Waals surface area (Å²) in [6, 6.07) is 4.34. The molecule has 26 heavy (non-hydrogen) atoms. The van der Waals surface area contributed by atoms with Gasteiger partial charge in [-0.3, -0.25) is 18.7 Å². The van der Waals surface area contributed by atoms with E-state index in [9.17, 15) is 18.8 Å². The molecule has 8 nitrogen and oxygen atoms in total. The van der Waals surface area contributed by atoms with E-state index in [0.29, 0.717) is 24.5 Å². The first-order valence-electron chi connectivity index (χ1n) is 8.06. The second-order valence-corrected chi connectivity index (χ2v) is 6.37. The number of likely N-dealkylation sites (N-methyl/N-ethyl adjacent to an activating group) is 1. The molecule has 0 bridgehead atoms. The van der Waals surface area contributed by atoms with Crippen LogP contribution in [0.4, 0.5) is 21.6 Å². The highest BCUT2D eigenvalue weighted by Crippen LogP contribution is 2.32. The largest absolute Gasteiger partial charge is 0.384 e. The van der Waals surface area contributed by atoms with Crippen LogP contribution < -0.4 is 26.8 Å². The second-order valence-electron chi connectivity index (χ2n) is 6.37. The van der Waals surface area contributed by atoms with Crippen molar-refractivity contribution in [3.63, 3.8) is 0 Å². The highest BCUT2D eigenvalue weighted by atomic mass is 19.1. The lowest BCUT2D eigenvalue weighted by Gasteiger charge is -2.36. The zero-order chi connectivity index (χ0) is 19.2. The van der Waals surface area contributed by atoms with Crippen LogP contribution in [0.5, 0.6) is 0 Å². The summed E-state index contributed by atoms with van der Waals surface area (Å²) in [5.74, 6) is -1.00. The third kappa shape index (κ3) is 2.75. The molecule has 3 rings (SSSR count). The number of carbonyl (C=O) groups excluding carboxylic acids is 1. The average molecular weight is 361 g/mol. The third-order valence-corrected chi connectivity index (χ3v) is 4.72. The zero-order valence-corrected chi connectivity index (χ0v) is 14.8. The molecule has 1 aromatic carbocycles. The van der Waals surface area contributed by atoms with Gasteiger partial charge in [-0.15, -0.1) is 0 Å². The first kappa shape index (κ1) is 17.7. The second kappa shape index (κ2) is 6.32.